The van der Waals surface area contributed by atoms with Gasteiger partial charge < -0.3 is 24.7 Å². The average molecular weight is 778 g/mol. The number of rotatable bonds is 11. The minimum absolute atomic E-state index is 0.0169. The van der Waals surface area contributed by atoms with Gasteiger partial charge in [-0.05, 0) is 85.5 Å². The molecule has 15 heteroatoms. The molecule has 290 valence electrons. The summed E-state index contributed by atoms with van der Waals surface area (Å²) in [7, 11) is -4.53. The number of hydrogen-bond acceptors (Lipinski definition) is 11. The summed E-state index contributed by atoms with van der Waals surface area (Å²) in [5, 5.41) is 15.9. The van der Waals surface area contributed by atoms with Crippen LogP contribution < -0.4 is 19.7 Å². The van der Waals surface area contributed by atoms with Crippen molar-refractivity contribution in [3.8, 4) is 11.5 Å². The van der Waals surface area contributed by atoms with Gasteiger partial charge in [0.15, 0.2) is 0 Å². The third kappa shape index (κ3) is 7.06. The Morgan fingerprint density at radius 3 is 2.66 bits per heavy atom. The fraction of sp³-hybridized carbons (Fsp3) is 0.366. The standard InChI is InChI=1S/C41H43N7O7S/c49-40(45-56(52,53)32-9-11-35(37(20-32)48(50)51)43-21-27-13-16-54-17-14-27)34-10-8-30(19-38(34)55-31-18-29-12-15-42-39(29)44-22-31)46-23-41(24-46)25-47(26-41)36-7-3-5-28-4-1-2-6-33(28)36/h1-2,4,6,8-12,15,18-20,22,27,36,43H,3,5,7,13-14,16-17,21,23-26H2,(H,42,44)(H,45,49). The van der Waals surface area contributed by atoms with Crippen LogP contribution in [0.2, 0.25) is 0 Å². The minimum Gasteiger partial charge on any atom is -0.455 e. The molecular weight excluding hydrogens is 735 g/mol. The maximum atomic E-state index is 13.8. The van der Waals surface area contributed by atoms with Crippen molar-refractivity contribution >= 4 is 44.0 Å². The Labute approximate surface area is 324 Å². The first-order valence-corrected chi connectivity index (χ1v) is 20.6. The number of amides is 1. The van der Waals surface area contributed by atoms with Crippen LogP contribution >= 0.6 is 0 Å². The highest BCUT2D eigenvalue weighted by Gasteiger charge is 2.53. The molecule has 0 radical (unpaired) electrons. The zero-order chi connectivity index (χ0) is 38.4. The third-order valence-corrected chi connectivity index (χ3v) is 13.0. The lowest BCUT2D eigenvalue weighted by atomic mass is 9.70. The van der Waals surface area contributed by atoms with E-state index in [4.69, 9.17) is 9.47 Å². The summed E-state index contributed by atoms with van der Waals surface area (Å²) in [6.07, 6.45) is 8.48. The van der Waals surface area contributed by atoms with Crippen molar-refractivity contribution in [2.45, 2.75) is 43.0 Å². The van der Waals surface area contributed by atoms with E-state index in [9.17, 15) is 23.3 Å². The number of aromatic amines is 1. The number of carbonyl (C=O) groups excluding carboxylic acids is 1. The SMILES string of the molecule is O=C(NS(=O)(=O)c1ccc(NCC2CCOCC2)c([N+](=O)[O-])c1)c1ccc(N2CC3(C2)CN(C2CCCc4ccccc42)C3)cc1Oc1cnc2[nH]ccc2c1. The Morgan fingerprint density at radius 1 is 1.02 bits per heavy atom. The van der Waals surface area contributed by atoms with Crippen LogP contribution in [0, 0.1) is 21.4 Å². The van der Waals surface area contributed by atoms with Gasteiger partial charge in [0.25, 0.3) is 21.6 Å². The van der Waals surface area contributed by atoms with Crippen molar-refractivity contribution in [3.05, 3.63) is 112 Å². The fourth-order valence-corrected chi connectivity index (χ4v) is 9.78. The highest BCUT2D eigenvalue weighted by atomic mass is 32.2. The molecule has 3 saturated heterocycles. The third-order valence-electron chi connectivity index (χ3n) is 11.7. The predicted octanol–water partition coefficient (Wildman–Crippen LogP) is 6.42. The number of nitrogens with zero attached hydrogens (tertiary/aromatic N) is 4. The second-order valence-electron chi connectivity index (χ2n) is 15.5. The normalized spacial score (nSPS) is 19.5. The van der Waals surface area contributed by atoms with Gasteiger partial charge in [0.05, 0.1) is 21.6 Å². The monoisotopic (exact) mass is 777 g/mol. The summed E-state index contributed by atoms with van der Waals surface area (Å²) < 4.78 is 41.0. The zero-order valence-electron chi connectivity index (χ0n) is 30.8. The summed E-state index contributed by atoms with van der Waals surface area (Å²) in [6, 6.07) is 21.6. The Hall–Kier alpha value is -5.51. The molecule has 2 aromatic heterocycles. The molecule has 1 spiro atoms. The number of benzene rings is 3. The number of H-pyrrole nitrogens is 1. The summed E-state index contributed by atoms with van der Waals surface area (Å²) in [5.41, 5.74) is 4.42. The molecule has 0 saturated carbocycles. The molecule has 1 unspecified atom stereocenters. The molecule has 3 aromatic carbocycles. The van der Waals surface area contributed by atoms with Gasteiger partial charge in [0.1, 0.15) is 22.8 Å². The molecule has 14 nitrogen and oxygen atoms in total. The zero-order valence-corrected chi connectivity index (χ0v) is 31.6. The number of sulfonamides is 1. The van der Waals surface area contributed by atoms with Crippen molar-refractivity contribution in [1.82, 2.24) is 19.6 Å². The van der Waals surface area contributed by atoms with Crippen LogP contribution in [0.15, 0.2) is 90.1 Å². The van der Waals surface area contributed by atoms with Crippen molar-refractivity contribution in [1.29, 1.82) is 0 Å². The van der Waals surface area contributed by atoms with Gasteiger partial charge in [-0.25, -0.2) is 18.1 Å². The van der Waals surface area contributed by atoms with Crippen molar-refractivity contribution < 1.29 is 27.6 Å². The fourth-order valence-electron chi connectivity index (χ4n) is 8.79. The van der Waals surface area contributed by atoms with Crippen molar-refractivity contribution in [3.63, 3.8) is 0 Å². The quantitative estimate of drug-likeness (QED) is 0.0999. The highest BCUT2D eigenvalue weighted by Crippen LogP contribution is 2.48. The number of carbonyl (C=O) groups is 1. The summed E-state index contributed by atoms with van der Waals surface area (Å²) in [5.74, 6) is -0.131. The van der Waals surface area contributed by atoms with Crippen molar-refractivity contribution in [2.24, 2.45) is 11.3 Å². The van der Waals surface area contributed by atoms with E-state index in [1.807, 2.05) is 6.07 Å². The number of aromatic nitrogens is 2. The van der Waals surface area contributed by atoms with E-state index in [0.29, 0.717) is 37.2 Å². The van der Waals surface area contributed by atoms with E-state index in [1.165, 1.54) is 42.3 Å². The summed E-state index contributed by atoms with van der Waals surface area (Å²) >= 11 is 0. The second kappa shape index (κ2) is 14.5. The second-order valence-corrected chi connectivity index (χ2v) is 17.2. The Balaban J connectivity index is 0.926. The lowest BCUT2D eigenvalue weighted by molar-refractivity contribution is -0.384. The Morgan fingerprint density at radius 2 is 1.84 bits per heavy atom. The number of fused-ring (bicyclic) bond motifs is 2. The van der Waals surface area contributed by atoms with Gasteiger partial charge >= 0.3 is 0 Å². The van der Waals surface area contributed by atoms with Gasteiger partial charge in [0.2, 0.25) is 0 Å². The van der Waals surface area contributed by atoms with Crippen LogP contribution in [0.4, 0.5) is 17.1 Å². The molecule has 3 fully saturated rings. The van der Waals surface area contributed by atoms with Crippen LogP contribution in [0.5, 0.6) is 11.5 Å². The van der Waals surface area contributed by atoms with Gasteiger partial charge in [0, 0.05) is 86.8 Å². The molecule has 9 rings (SSSR count). The van der Waals surface area contributed by atoms with Gasteiger partial charge in [-0.3, -0.25) is 19.8 Å². The lowest BCUT2D eigenvalue weighted by Crippen LogP contribution is -2.72. The number of ether oxygens (including phenoxy) is 2. The number of nitro groups is 1. The number of hydrogen-bond donors (Lipinski definition) is 3. The van der Waals surface area contributed by atoms with Crippen LogP contribution in [-0.2, 0) is 21.2 Å². The number of nitrogens with one attached hydrogen (secondary N) is 3. The predicted molar refractivity (Wildman–Crippen MR) is 211 cm³/mol. The summed E-state index contributed by atoms with van der Waals surface area (Å²) in [4.78, 5) is 37.1. The molecule has 0 bridgehead atoms. The summed E-state index contributed by atoms with van der Waals surface area (Å²) in [6.45, 7) is 5.52. The lowest BCUT2D eigenvalue weighted by Gasteiger charge is -2.63. The van der Waals surface area contributed by atoms with Crippen LogP contribution in [0.1, 0.15) is 53.2 Å². The largest absolute Gasteiger partial charge is 0.455 e. The Kier molecular flexibility index (Phi) is 9.38. The number of anilines is 2. The minimum atomic E-state index is -4.53. The average Bonchev–Trinajstić information content (AvgIpc) is 3.64. The molecule has 3 aliphatic heterocycles. The molecule has 1 amide bonds. The van der Waals surface area contributed by atoms with Crippen LogP contribution in [0.3, 0.4) is 0 Å². The van der Waals surface area contributed by atoms with Crippen LogP contribution in [0.25, 0.3) is 11.0 Å². The van der Waals surface area contributed by atoms with Crippen molar-refractivity contribution in [2.75, 3.05) is 56.2 Å². The molecule has 4 aliphatic rings. The maximum Gasteiger partial charge on any atom is 0.293 e. The molecule has 56 heavy (non-hydrogen) atoms. The number of nitro benzene ring substituents is 1. The maximum absolute atomic E-state index is 13.8. The van der Waals surface area contributed by atoms with Gasteiger partial charge in [-0.1, -0.05) is 24.3 Å². The Bertz CT molecular complexity index is 2420. The number of likely N-dealkylation sites (tertiary alicyclic amines) is 1. The molecule has 1 aliphatic carbocycles. The van der Waals surface area contributed by atoms with E-state index >= 15 is 0 Å². The number of aryl methyl sites for hydroxylation is 1. The molecule has 5 aromatic rings. The topological polar surface area (TPSA) is 172 Å². The van der Waals surface area contributed by atoms with E-state index in [2.05, 4.69) is 54.1 Å². The smallest absolute Gasteiger partial charge is 0.293 e. The van der Waals surface area contributed by atoms with Gasteiger partial charge in [-0.15, -0.1) is 0 Å². The molecular formula is C41H43N7O7S. The molecule has 5 heterocycles. The first kappa shape index (κ1) is 36.1. The van der Waals surface area contributed by atoms with Gasteiger partial charge in [-0.2, -0.15) is 0 Å². The highest BCUT2D eigenvalue weighted by molar-refractivity contribution is 7.90. The molecule has 3 N–H and O–H groups in total. The molecule has 1 atom stereocenters. The van der Waals surface area contributed by atoms with E-state index in [-0.39, 0.29) is 28.3 Å². The van der Waals surface area contributed by atoms with E-state index < -0.39 is 31.4 Å². The first-order chi connectivity index (χ1) is 27.1. The van der Waals surface area contributed by atoms with E-state index in [0.717, 1.165) is 62.6 Å². The number of pyridine rings is 1. The first-order valence-electron chi connectivity index (χ1n) is 19.1. The van der Waals surface area contributed by atoms with Crippen LogP contribution in [-0.4, -0.2) is 80.1 Å². The van der Waals surface area contributed by atoms with E-state index in [1.54, 1.807) is 30.5 Å².